The van der Waals surface area contributed by atoms with E-state index in [0.717, 1.165) is 24.3 Å². The van der Waals surface area contributed by atoms with Gasteiger partial charge in [-0.3, -0.25) is 4.98 Å². The minimum atomic E-state index is 1.02. The lowest BCUT2D eigenvalue weighted by Crippen LogP contribution is -1.90. The largest absolute Gasteiger partial charge is 0.383 e. The van der Waals surface area contributed by atoms with E-state index in [1.165, 1.54) is 0 Å². The smallest absolute Gasteiger partial charge is 0.0658 e. The van der Waals surface area contributed by atoms with Gasteiger partial charge in [-0.05, 0) is 6.07 Å². The second-order valence-corrected chi connectivity index (χ2v) is 2.09. The molecule has 0 aliphatic carbocycles. The third-order valence-corrected chi connectivity index (χ3v) is 1.48. The van der Waals surface area contributed by atoms with E-state index in [4.69, 9.17) is 0 Å². The van der Waals surface area contributed by atoms with E-state index in [1.807, 2.05) is 6.07 Å². The van der Waals surface area contributed by atoms with Crippen LogP contribution in [0.2, 0.25) is 0 Å². The van der Waals surface area contributed by atoms with E-state index in [2.05, 4.69) is 16.4 Å². The summed E-state index contributed by atoms with van der Waals surface area (Å²) in [7, 11) is 0. The molecular formula is C7H7N2. The molecule has 2 nitrogen and oxygen atoms in total. The number of hydrogen-bond donors (Lipinski definition) is 1. The minimum Gasteiger partial charge on any atom is -0.383 e. The number of nitrogens with zero attached hydrogens (tertiary/aromatic N) is 1. The van der Waals surface area contributed by atoms with E-state index in [9.17, 15) is 0 Å². The first-order chi connectivity index (χ1) is 4.47. The van der Waals surface area contributed by atoms with Gasteiger partial charge in [0.2, 0.25) is 0 Å². The molecule has 0 atom stereocenters. The van der Waals surface area contributed by atoms with E-state index < -0.39 is 0 Å². The molecule has 0 fully saturated rings. The van der Waals surface area contributed by atoms with Crippen molar-refractivity contribution in [2.24, 2.45) is 0 Å². The van der Waals surface area contributed by atoms with Crippen LogP contribution >= 0.6 is 0 Å². The van der Waals surface area contributed by atoms with Crippen LogP contribution in [0.5, 0.6) is 0 Å². The van der Waals surface area contributed by atoms with E-state index >= 15 is 0 Å². The van der Waals surface area contributed by atoms with E-state index in [-0.39, 0.29) is 0 Å². The molecule has 0 unspecified atom stereocenters. The zero-order chi connectivity index (χ0) is 6.10. The lowest BCUT2D eigenvalue weighted by molar-refractivity contribution is 1.04. The fourth-order valence-corrected chi connectivity index (χ4v) is 1.04. The van der Waals surface area contributed by atoms with Gasteiger partial charge in [0.05, 0.1) is 11.4 Å². The average Bonchev–Trinajstić information content (AvgIpc) is 2.33. The number of fused-ring (bicyclic) bond motifs is 1. The second kappa shape index (κ2) is 1.72. The monoisotopic (exact) mass is 119 g/mol. The highest BCUT2D eigenvalue weighted by Crippen LogP contribution is 2.16. The predicted molar refractivity (Wildman–Crippen MR) is 35.3 cm³/mol. The number of anilines is 1. The summed E-state index contributed by atoms with van der Waals surface area (Å²) in [5, 5.41) is 3.18. The molecule has 0 amide bonds. The van der Waals surface area contributed by atoms with Gasteiger partial charge < -0.3 is 5.32 Å². The summed E-state index contributed by atoms with van der Waals surface area (Å²) in [5.74, 6) is 0. The number of aromatic nitrogens is 1. The zero-order valence-electron chi connectivity index (χ0n) is 5.02. The highest BCUT2D eigenvalue weighted by molar-refractivity contribution is 5.50. The maximum Gasteiger partial charge on any atom is 0.0658 e. The zero-order valence-corrected chi connectivity index (χ0v) is 5.02. The van der Waals surface area contributed by atoms with Crippen molar-refractivity contribution in [2.45, 2.75) is 6.42 Å². The summed E-state index contributed by atoms with van der Waals surface area (Å²) >= 11 is 0. The van der Waals surface area contributed by atoms with Crippen molar-refractivity contribution in [3.63, 3.8) is 0 Å². The number of nitrogens with one attached hydrogen (secondary N) is 1. The van der Waals surface area contributed by atoms with Gasteiger partial charge in [0.25, 0.3) is 0 Å². The third-order valence-electron chi connectivity index (χ3n) is 1.48. The molecule has 1 aromatic rings. The predicted octanol–water partition coefficient (Wildman–Crippen LogP) is 0.850. The van der Waals surface area contributed by atoms with Crippen LogP contribution in [0.4, 0.5) is 5.69 Å². The molecule has 0 saturated heterocycles. The Kier molecular flexibility index (Phi) is 0.918. The van der Waals surface area contributed by atoms with Gasteiger partial charge >= 0.3 is 0 Å². The highest BCUT2D eigenvalue weighted by atomic mass is 14.9. The van der Waals surface area contributed by atoms with Crippen LogP contribution in [0.3, 0.4) is 0 Å². The first-order valence-corrected chi connectivity index (χ1v) is 3.06. The number of hydrogen-bond acceptors (Lipinski definition) is 2. The van der Waals surface area contributed by atoms with Crippen LogP contribution < -0.4 is 5.32 Å². The van der Waals surface area contributed by atoms with Gasteiger partial charge in [0.1, 0.15) is 0 Å². The molecule has 1 radical (unpaired) electrons. The van der Waals surface area contributed by atoms with Crippen molar-refractivity contribution in [1.29, 1.82) is 0 Å². The van der Waals surface area contributed by atoms with Crippen LogP contribution in [0, 0.1) is 6.07 Å². The molecule has 2 heterocycles. The Morgan fingerprint density at radius 1 is 1.67 bits per heavy atom. The Labute approximate surface area is 53.9 Å². The molecule has 0 saturated carbocycles. The van der Waals surface area contributed by atoms with Gasteiger partial charge in [-0.2, -0.15) is 0 Å². The summed E-state index contributed by atoms with van der Waals surface area (Å²) in [6, 6.07) is 4.91. The van der Waals surface area contributed by atoms with Gasteiger partial charge in [-0.15, -0.1) is 0 Å². The molecule has 0 aromatic carbocycles. The molecule has 1 N–H and O–H groups in total. The molecule has 2 heteroatoms. The summed E-state index contributed by atoms with van der Waals surface area (Å²) < 4.78 is 0. The van der Waals surface area contributed by atoms with Gasteiger partial charge in [-0.1, -0.05) is 0 Å². The van der Waals surface area contributed by atoms with Gasteiger partial charge in [0, 0.05) is 25.2 Å². The number of pyridine rings is 1. The molecular weight excluding hydrogens is 112 g/mol. The van der Waals surface area contributed by atoms with Crippen LogP contribution in [0.1, 0.15) is 5.69 Å². The van der Waals surface area contributed by atoms with E-state index in [1.54, 1.807) is 6.20 Å². The summed E-state index contributed by atoms with van der Waals surface area (Å²) in [5.41, 5.74) is 2.23. The van der Waals surface area contributed by atoms with Crippen LogP contribution in [-0.2, 0) is 6.42 Å². The van der Waals surface area contributed by atoms with Gasteiger partial charge in [-0.25, -0.2) is 0 Å². The highest BCUT2D eigenvalue weighted by Gasteiger charge is 2.08. The first kappa shape index (κ1) is 4.79. The fraction of sp³-hybridized carbons (Fsp3) is 0.286. The molecule has 0 bridgehead atoms. The van der Waals surface area contributed by atoms with E-state index in [0.29, 0.717) is 0 Å². The van der Waals surface area contributed by atoms with Crippen LogP contribution in [-0.4, -0.2) is 11.5 Å². The maximum atomic E-state index is 4.17. The normalized spacial score (nSPS) is 14.7. The Morgan fingerprint density at radius 3 is 3.56 bits per heavy atom. The second-order valence-electron chi connectivity index (χ2n) is 2.09. The molecule has 2 rings (SSSR count). The third kappa shape index (κ3) is 0.669. The van der Waals surface area contributed by atoms with Crippen molar-refractivity contribution < 1.29 is 0 Å². The number of rotatable bonds is 0. The Bertz CT molecular complexity index is 197. The topological polar surface area (TPSA) is 24.9 Å². The Balaban J connectivity index is 2.54. The van der Waals surface area contributed by atoms with Gasteiger partial charge in [0.15, 0.2) is 0 Å². The van der Waals surface area contributed by atoms with Crippen LogP contribution in [0.25, 0.3) is 0 Å². The molecule has 1 aliphatic heterocycles. The van der Waals surface area contributed by atoms with Crippen molar-refractivity contribution >= 4 is 5.69 Å². The first-order valence-electron chi connectivity index (χ1n) is 3.06. The SMILES string of the molecule is [c]1ccnc2c1NCC2. The van der Waals surface area contributed by atoms with Crippen LogP contribution in [0.15, 0.2) is 12.3 Å². The summed E-state index contributed by atoms with van der Waals surface area (Å²) in [6.45, 7) is 1.02. The Hall–Kier alpha value is -1.05. The lowest BCUT2D eigenvalue weighted by atomic mass is 10.3. The molecule has 9 heavy (non-hydrogen) atoms. The fourth-order valence-electron chi connectivity index (χ4n) is 1.04. The van der Waals surface area contributed by atoms with Crippen molar-refractivity contribution in [3.8, 4) is 0 Å². The van der Waals surface area contributed by atoms with Crippen molar-refractivity contribution in [3.05, 3.63) is 24.0 Å². The molecule has 0 spiro atoms. The molecule has 45 valence electrons. The molecule has 1 aliphatic rings. The lowest BCUT2D eigenvalue weighted by Gasteiger charge is -1.92. The summed E-state index contributed by atoms with van der Waals surface area (Å²) in [6.07, 6.45) is 2.83. The van der Waals surface area contributed by atoms with Crippen molar-refractivity contribution in [2.75, 3.05) is 11.9 Å². The van der Waals surface area contributed by atoms with Crippen molar-refractivity contribution in [1.82, 2.24) is 4.98 Å². The minimum absolute atomic E-state index is 1.02. The Morgan fingerprint density at radius 2 is 2.67 bits per heavy atom. The maximum absolute atomic E-state index is 4.17. The quantitative estimate of drug-likeness (QED) is 0.547. The standard InChI is InChI=1S/C7H7N2/c1-2-6-7(8-4-1)3-5-9-6/h1,4,9H,3,5H2. The summed E-state index contributed by atoms with van der Waals surface area (Å²) in [4.78, 5) is 4.17. The molecule has 1 aromatic heterocycles. The average molecular weight is 119 g/mol.